The number of hydrogen-bond donors (Lipinski definition) is 0. The van der Waals surface area contributed by atoms with Gasteiger partial charge in [-0.25, -0.2) is 0 Å². The van der Waals surface area contributed by atoms with Crippen molar-refractivity contribution in [3.8, 4) is 0 Å². The van der Waals surface area contributed by atoms with Gasteiger partial charge in [0.15, 0.2) is 0 Å². The van der Waals surface area contributed by atoms with Crippen LogP contribution in [0, 0.1) is 29.6 Å². The average molecular weight is 402 g/mol. The molecule has 0 aliphatic heterocycles. The Balaban J connectivity index is 1.74. The maximum atomic E-state index is 2.70. The smallest absolute Gasteiger partial charge is 0.0216 e. The van der Waals surface area contributed by atoms with E-state index >= 15 is 0 Å². The summed E-state index contributed by atoms with van der Waals surface area (Å²) >= 11 is 2.70. The summed E-state index contributed by atoms with van der Waals surface area (Å²) < 4.78 is 0.789. The van der Waals surface area contributed by atoms with Crippen molar-refractivity contribution in [3.05, 3.63) is 58.7 Å². The van der Waals surface area contributed by atoms with Gasteiger partial charge in [0, 0.05) is 9.84 Å². The van der Waals surface area contributed by atoms with Crippen molar-refractivity contribution in [2.24, 2.45) is 29.6 Å². The third kappa shape index (κ3) is 1.75. The molecule has 0 saturated carbocycles. The molecule has 6 atom stereocenters. The zero-order chi connectivity index (χ0) is 14.8. The Morgan fingerprint density at radius 2 is 1.82 bits per heavy atom. The highest BCUT2D eigenvalue weighted by Gasteiger charge is 2.48. The molecule has 0 nitrogen and oxygen atoms in total. The Kier molecular flexibility index (Phi) is 3.12. The lowest BCUT2D eigenvalue weighted by molar-refractivity contribution is 0.200. The summed E-state index contributed by atoms with van der Waals surface area (Å²) in [5.74, 6) is 3.87. The van der Waals surface area contributed by atoms with E-state index < -0.39 is 0 Å². The van der Waals surface area contributed by atoms with Gasteiger partial charge in [0.2, 0.25) is 0 Å². The van der Waals surface area contributed by atoms with Crippen LogP contribution in [0.25, 0.3) is 0 Å². The van der Waals surface area contributed by atoms with Gasteiger partial charge in [0.25, 0.3) is 0 Å². The summed E-state index contributed by atoms with van der Waals surface area (Å²) in [6.45, 7) is 2.37. The minimum absolute atomic E-state index is 0.698. The van der Waals surface area contributed by atoms with E-state index in [4.69, 9.17) is 0 Å². The minimum atomic E-state index is 0.698. The van der Waals surface area contributed by atoms with Crippen molar-refractivity contribution in [2.45, 2.75) is 36.5 Å². The first-order chi connectivity index (χ1) is 10.8. The van der Waals surface area contributed by atoms with Gasteiger partial charge in [-0.05, 0) is 73.0 Å². The molecule has 22 heavy (non-hydrogen) atoms. The fourth-order valence-corrected chi connectivity index (χ4v) is 6.73. The summed E-state index contributed by atoms with van der Waals surface area (Å²) in [6, 6.07) is 0. The standard InChI is InChI=1S/C21H23I/c1-12-8-9-16-15-6-3-7-18-19(22)11-10-17(21(15)18)14-5-2-4-13(12)20(14)16/h2-3,5-6,8,10,13-14,16,18-20H,4,7,9,11H2,1H3/t13?,14?,16?,18?,19-,20?/m0/s1. The Morgan fingerprint density at radius 1 is 0.955 bits per heavy atom. The lowest BCUT2D eigenvalue weighted by atomic mass is 9.53. The van der Waals surface area contributed by atoms with Crippen LogP contribution < -0.4 is 0 Å². The van der Waals surface area contributed by atoms with E-state index in [1.54, 1.807) is 22.3 Å². The van der Waals surface area contributed by atoms with Crippen molar-refractivity contribution >= 4 is 22.6 Å². The highest BCUT2D eigenvalue weighted by atomic mass is 127. The van der Waals surface area contributed by atoms with Crippen molar-refractivity contribution in [2.75, 3.05) is 0 Å². The molecule has 0 N–H and O–H groups in total. The summed E-state index contributed by atoms with van der Waals surface area (Å²) in [4.78, 5) is 0. The first-order valence-corrected chi connectivity index (χ1v) is 10.1. The quantitative estimate of drug-likeness (QED) is 0.274. The Labute approximate surface area is 147 Å². The van der Waals surface area contributed by atoms with Crippen LogP contribution >= 0.6 is 22.6 Å². The maximum Gasteiger partial charge on any atom is 0.0216 e. The van der Waals surface area contributed by atoms with E-state index in [0.717, 1.165) is 27.6 Å². The van der Waals surface area contributed by atoms with Gasteiger partial charge in [-0.2, -0.15) is 0 Å². The molecule has 0 fully saturated rings. The number of fused-ring (bicyclic) bond motifs is 2. The van der Waals surface area contributed by atoms with Crippen LogP contribution in [0.3, 0.4) is 0 Å². The topological polar surface area (TPSA) is 0 Å². The highest BCUT2D eigenvalue weighted by molar-refractivity contribution is 14.1. The van der Waals surface area contributed by atoms with Gasteiger partial charge >= 0.3 is 0 Å². The average Bonchev–Trinajstić information content (AvgIpc) is 2.55. The zero-order valence-corrected chi connectivity index (χ0v) is 15.3. The first-order valence-electron chi connectivity index (χ1n) is 8.84. The predicted molar refractivity (Wildman–Crippen MR) is 101 cm³/mol. The number of alkyl halides is 1. The van der Waals surface area contributed by atoms with Crippen LogP contribution in [0.15, 0.2) is 58.7 Å². The molecule has 0 heterocycles. The first kappa shape index (κ1) is 13.8. The monoisotopic (exact) mass is 402 g/mol. The fourth-order valence-electron chi connectivity index (χ4n) is 5.82. The predicted octanol–water partition coefficient (Wildman–Crippen LogP) is 5.78. The molecule has 0 amide bonds. The van der Waals surface area contributed by atoms with Crippen LogP contribution in [0.1, 0.15) is 32.6 Å². The Hall–Kier alpha value is -0.570. The van der Waals surface area contributed by atoms with Crippen molar-refractivity contribution in [1.82, 2.24) is 0 Å². The third-order valence-electron chi connectivity index (χ3n) is 6.79. The summed E-state index contributed by atoms with van der Waals surface area (Å²) in [6.07, 6.45) is 20.2. The van der Waals surface area contributed by atoms with E-state index in [9.17, 15) is 0 Å². The van der Waals surface area contributed by atoms with E-state index in [-0.39, 0.29) is 0 Å². The van der Waals surface area contributed by atoms with Gasteiger partial charge in [-0.3, -0.25) is 0 Å². The Bertz CT molecular complexity index is 672. The molecule has 0 spiro atoms. The molecule has 1 heteroatoms. The van der Waals surface area contributed by atoms with Crippen LogP contribution in [-0.4, -0.2) is 3.92 Å². The van der Waals surface area contributed by atoms with Crippen molar-refractivity contribution in [3.63, 3.8) is 0 Å². The van der Waals surface area contributed by atoms with Crippen molar-refractivity contribution < 1.29 is 0 Å². The molecular formula is C21H23I. The molecule has 0 aromatic heterocycles. The van der Waals surface area contributed by atoms with E-state index in [0.29, 0.717) is 5.92 Å². The number of halogens is 1. The van der Waals surface area contributed by atoms with Gasteiger partial charge in [0.05, 0.1) is 0 Å². The lowest BCUT2D eigenvalue weighted by Crippen LogP contribution is -2.43. The maximum absolute atomic E-state index is 2.70. The SMILES string of the molecule is CC1=CCC2C3=C4C(=CC[C@H](I)C4CC=C3)C3C=CCC1C32. The molecule has 5 unspecified atom stereocenters. The minimum Gasteiger partial charge on any atom is -0.0873 e. The lowest BCUT2D eigenvalue weighted by Gasteiger charge is -2.52. The van der Waals surface area contributed by atoms with E-state index in [1.165, 1.54) is 25.7 Å². The molecule has 0 aromatic rings. The molecule has 5 rings (SSSR count). The van der Waals surface area contributed by atoms with Crippen LogP contribution in [0.2, 0.25) is 0 Å². The second-order valence-electron chi connectivity index (χ2n) is 7.69. The normalized spacial score (nSPS) is 45.0. The number of hydrogen-bond acceptors (Lipinski definition) is 0. The van der Waals surface area contributed by atoms with Crippen LogP contribution in [0.4, 0.5) is 0 Å². The summed E-state index contributed by atoms with van der Waals surface area (Å²) in [5, 5.41) is 0. The van der Waals surface area contributed by atoms with Crippen LogP contribution in [0.5, 0.6) is 0 Å². The molecule has 0 radical (unpaired) electrons. The largest absolute Gasteiger partial charge is 0.0873 e. The molecule has 5 aliphatic rings. The fraction of sp³-hybridized carbons (Fsp3) is 0.524. The summed E-state index contributed by atoms with van der Waals surface area (Å²) in [7, 11) is 0. The van der Waals surface area contributed by atoms with E-state index in [2.05, 4.69) is 66.0 Å². The number of rotatable bonds is 0. The van der Waals surface area contributed by atoms with E-state index in [1.807, 2.05) is 0 Å². The van der Waals surface area contributed by atoms with Gasteiger partial charge < -0.3 is 0 Å². The summed E-state index contributed by atoms with van der Waals surface area (Å²) in [5.41, 5.74) is 6.85. The molecule has 5 aliphatic carbocycles. The third-order valence-corrected chi connectivity index (χ3v) is 8.17. The van der Waals surface area contributed by atoms with Crippen LogP contribution in [-0.2, 0) is 0 Å². The second kappa shape index (κ2) is 4.96. The number of allylic oxidation sites excluding steroid dienone is 10. The molecule has 0 aromatic carbocycles. The zero-order valence-electron chi connectivity index (χ0n) is 13.1. The molecular weight excluding hydrogens is 379 g/mol. The van der Waals surface area contributed by atoms with Crippen molar-refractivity contribution in [1.29, 1.82) is 0 Å². The molecule has 0 saturated heterocycles. The van der Waals surface area contributed by atoms with Gasteiger partial charge in [-0.15, -0.1) is 0 Å². The highest BCUT2D eigenvalue weighted by Crippen LogP contribution is 2.58. The van der Waals surface area contributed by atoms with Gasteiger partial charge in [-0.1, -0.05) is 64.6 Å². The van der Waals surface area contributed by atoms with Gasteiger partial charge in [0.1, 0.15) is 0 Å². The molecule has 114 valence electrons. The Morgan fingerprint density at radius 3 is 2.73 bits per heavy atom. The second-order valence-corrected chi connectivity index (χ2v) is 9.29. The molecule has 0 bridgehead atoms.